The van der Waals surface area contributed by atoms with Gasteiger partial charge in [0.1, 0.15) is 12.4 Å². The van der Waals surface area contributed by atoms with Crippen LogP contribution in [0, 0.1) is 5.82 Å². The van der Waals surface area contributed by atoms with Crippen molar-refractivity contribution < 1.29 is 23.1 Å². The molecule has 0 unspecified atom stereocenters. The maximum atomic E-state index is 13.0. The molecule has 0 radical (unpaired) electrons. The second-order valence-electron chi connectivity index (χ2n) is 5.65. The number of halogens is 3. The fourth-order valence-electron chi connectivity index (χ4n) is 2.22. The Morgan fingerprint density at radius 2 is 1.90 bits per heavy atom. The molecule has 0 atom stereocenters. The van der Waals surface area contributed by atoms with Gasteiger partial charge in [0.2, 0.25) is 5.89 Å². The molecule has 3 aromatic rings. The van der Waals surface area contributed by atoms with Crippen molar-refractivity contribution in [3.8, 4) is 11.5 Å². The van der Waals surface area contributed by atoms with Crippen molar-refractivity contribution in [1.82, 2.24) is 9.78 Å². The van der Waals surface area contributed by atoms with Crippen molar-refractivity contribution in [2.24, 2.45) is 0 Å². The quantitative estimate of drug-likeness (QED) is 0.591. The second-order valence-corrected chi connectivity index (χ2v) is 6.43. The Morgan fingerprint density at radius 1 is 1.17 bits per heavy atom. The van der Waals surface area contributed by atoms with E-state index in [0.717, 1.165) is 4.68 Å². The number of rotatable bonds is 6. The van der Waals surface area contributed by atoms with Crippen LogP contribution in [0.2, 0.25) is 10.0 Å². The molecule has 1 heterocycles. The molecule has 0 saturated carbocycles. The van der Waals surface area contributed by atoms with E-state index in [0.29, 0.717) is 5.56 Å². The van der Waals surface area contributed by atoms with Gasteiger partial charge in [-0.1, -0.05) is 29.3 Å². The lowest BCUT2D eigenvalue weighted by atomic mass is 10.2. The number of amides is 1. The first kappa shape index (κ1) is 20.6. The largest absolute Gasteiger partial charge is 0.454 e. The van der Waals surface area contributed by atoms with Crippen LogP contribution in [0.4, 0.5) is 10.1 Å². The number of ether oxygens (including phenoxy) is 1. The van der Waals surface area contributed by atoms with E-state index >= 15 is 0 Å². The van der Waals surface area contributed by atoms with Crippen molar-refractivity contribution in [3.63, 3.8) is 0 Å². The Balaban J connectivity index is 1.57. The van der Waals surface area contributed by atoms with E-state index in [-0.39, 0.29) is 21.6 Å². The highest BCUT2D eigenvalue weighted by Gasteiger charge is 2.16. The van der Waals surface area contributed by atoms with Gasteiger partial charge >= 0.3 is 11.7 Å². The molecule has 3 rings (SSSR count). The van der Waals surface area contributed by atoms with Gasteiger partial charge < -0.3 is 14.5 Å². The molecule has 0 bridgehead atoms. The minimum Gasteiger partial charge on any atom is -0.454 e. The zero-order chi connectivity index (χ0) is 21.0. The standard InChI is InChI=1S/C18H12Cl2FN3O5/c19-12-2-1-3-13(16(12)20)22-14(25)9-28-15(26)8-24-18(27)29-17(23-24)10-4-6-11(21)7-5-10/h1-7H,8-9H2,(H,22,25). The van der Waals surface area contributed by atoms with Gasteiger partial charge in [0.15, 0.2) is 6.61 Å². The van der Waals surface area contributed by atoms with Crippen LogP contribution in [0.1, 0.15) is 0 Å². The van der Waals surface area contributed by atoms with Crippen molar-refractivity contribution in [3.05, 3.63) is 68.9 Å². The molecule has 11 heteroatoms. The average molecular weight is 440 g/mol. The van der Waals surface area contributed by atoms with Crippen LogP contribution >= 0.6 is 23.2 Å². The Hall–Kier alpha value is -3.17. The first-order valence-electron chi connectivity index (χ1n) is 8.07. The first-order valence-corrected chi connectivity index (χ1v) is 8.82. The summed E-state index contributed by atoms with van der Waals surface area (Å²) < 4.78 is 23.4. The van der Waals surface area contributed by atoms with E-state index in [1.165, 1.54) is 30.3 Å². The highest BCUT2D eigenvalue weighted by molar-refractivity contribution is 6.44. The van der Waals surface area contributed by atoms with Crippen molar-refractivity contribution >= 4 is 40.8 Å². The third kappa shape index (κ3) is 5.21. The highest BCUT2D eigenvalue weighted by atomic mass is 35.5. The Morgan fingerprint density at radius 3 is 2.62 bits per heavy atom. The molecule has 0 aliphatic carbocycles. The Bertz CT molecular complexity index is 1110. The summed E-state index contributed by atoms with van der Waals surface area (Å²) in [6, 6.07) is 9.75. The van der Waals surface area contributed by atoms with E-state index in [1.54, 1.807) is 12.1 Å². The number of nitrogens with zero attached hydrogens (tertiary/aromatic N) is 2. The topological polar surface area (TPSA) is 103 Å². The van der Waals surface area contributed by atoms with Crippen molar-refractivity contribution in [2.75, 3.05) is 11.9 Å². The van der Waals surface area contributed by atoms with E-state index in [4.69, 9.17) is 32.4 Å². The normalized spacial score (nSPS) is 10.6. The van der Waals surface area contributed by atoms with Crippen molar-refractivity contribution in [2.45, 2.75) is 6.54 Å². The molecule has 0 spiro atoms. The summed E-state index contributed by atoms with van der Waals surface area (Å²) in [6.45, 7) is -1.19. The van der Waals surface area contributed by atoms with Crippen LogP contribution in [0.3, 0.4) is 0 Å². The van der Waals surface area contributed by atoms with Gasteiger partial charge in [-0.25, -0.2) is 9.18 Å². The maximum Gasteiger partial charge on any atom is 0.437 e. The summed E-state index contributed by atoms with van der Waals surface area (Å²) in [5, 5.41) is 6.70. The predicted molar refractivity (Wildman–Crippen MR) is 102 cm³/mol. The second kappa shape index (κ2) is 8.89. The van der Waals surface area contributed by atoms with Crippen LogP contribution < -0.4 is 11.1 Å². The molecule has 1 aromatic heterocycles. The molecule has 29 heavy (non-hydrogen) atoms. The molecule has 0 aliphatic rings. The minimum atomic E-state index is -0.906. The number of hydrogen-bond acceptors (Lipinski definition) is 6. The number of nitrogens with one attached hydrogen (secondary N) is 1. The lowest BCUT2D eigenvalue weighted by Crippen LogP contribution is -2.26. The summed E-state index contributed by atoms with van der Waals surface area (Å²) in [7, 11) is 0. The first-order chi connectivity index (χ1) is 13.8. The summed E-state index contributed by atoms with van der Waals surface area (Å²) in [5.41, 5.74) is 0.616. The zero-order valence-electron chi connectivity index (χ0n) is 14.5. The molecule has 0 aliphatic heterocycles. The number of benzene rings is 2. The van der Waals surface area contributed by atoms with Crippen molar-refractivity contribution in [1.29, 1.82) is 0 Å². The average Bonchev–Trinajstić information content (AvgIpc) is 3.05. The number of hydrogen-bond donors (Lipinski definition) is 1. The highest BCUT2D eigenvalue weighted by Crippen LogP contribution is 2.29. The third-order valence-corrected chi connectivity index (χ3v) is 4.39. The Kier molecular flexibility index (Phi) is 6.30. The molecular formula is C18H12Cl2FN3O5. The summed E-state index contributed by atoms with van der Waals surface area (Å²) in [5.74, 6) is -3.00. The van der Waals surface area contributed by atoms with Gasteiger partial charge in [-0.2, -0.15) is 4.68 Å². The fraction of sp³-hybridized carbons (Fsp3) is 0.111. The van der Waals surface area contributed by atoms with Gasteiger partial charge in [0, 0.05) is 5.56 Å². The number of anilines is 1. The van der Waals surface area contributed by atoms with Gasteiger partial charge in [-0.3, -0.25) is 9.59 Å². The van der Waals surface area contributed by atoms with Gasteiger partial charge in [-0.05, 0) is 36.4 Å². The molecule has 2 aromatic carbocycles. The van der Waals surface area contributed by atoms with E-state index in [9.17, 15) is 18.8 Å². The number of carbonyl (C=O) groups is 2. The predicted octanol–water partition coefficient (Wildman–Crippen LogP) is 3.13. The molecule has 1 N–H and O–H groups in total. The zero-order valence-corrected chi connectivity index (χ0v) is 16.0. The third-order valence-electron chi connectivity index (χ3n) is 3.57. The van der Waals surface area contributed by atoms with E-state index in [2.05, 4.69) is 10.4 Å². The summed E-state index contributed by atoms with van der Waals surface area (Å²) in [6.07, 6.45) is 0. The minimum absolute atomic E-state index is 0.0869. The fourth-order valence-corrected chi connectivity index (χ4v) is 2.56. The van der Waals surface area contributed by atoms with Crippen LogP contribution in [-0.4, -0.2) is 28.3 Å². The van der Waals surface area contributed by atoms with Gasteiger partial charge in [-0.15, -0.1) is 5.10 Å². The maximum absolute atomic E-state index is 13.0. The van der Waals surface area contributed by atoms with E-state index < -0.39 is 36.6 Å². The molecular weight excluding hydrogens is 428 g/mol. The van der Waals surface area contributed by atoms with Crippen LogP contribution in [0.25, 0.3) is 11.5 Å². The molecule has 1 amide bonds. The molecule has 8 nitrogen and oxygen atoms in total. The van der Waals surface area contributed by atoms with Crippen LogP contribution in [-0.2, 0) is 20.9 Å². The van der Waals surface area contributed by atoms with Gasteiger partial charge in [0.05, 0.1) is 15.7 Å². The Labute approximate surface area is 172 Å². The lowest BCUT2D eigenvalue weighted by molar-refractivity contribution is -0.148. The number of carbonyl (C=O) groups excluding carboxylic acids is 2. The number of aromatic nitrogens is 2. The molecule has 150 valence electrons. The summed E-state index contributed by atoms with van der Waals surface area (Å²) >= 11 is 11.8. The lowest BCUT2D eigenvalue weighted by Gasteiger charge is -2.08. The van der Waals surface area contributed by atoms with Crippen LogP contribution in [0.5, 0.6) is 0 Å². The summed E-state index contributed by atoms with van der Waals surface area (Å²) in [4.78, 5) is 35.6. The monoisotopic (exact) mass is 439 g/mol. The molecule has 0 fully saturated rings. The van der Waals surface area contributed by atoms with Crippen LogP contribution in [0.15, 0.2) is 51.7 Å². The van der Waals surface area contributed by atoms with Gasteiger partial charge in [0.25, 0.3) is 5.91 Å². The molecule has 0 saturated heterocycles. The SMILES string of the molecule is O=C(COC(=O)Cn1nc(-c2ccc(F)cc2)oc1=O)Nc1cccc(Cl)c1Cl. The number of esters is 1. The van der Waals surface area contributed by atoms with E-state index in [1.807, 2.05) is 0 Å². The smallest absolute Gasteiger partial charge is 0.437 e.